The lowest BCUT2D eigenvalue weighted by Crippen LogP contribution is -2.30. The van der Waals surface area contributed by atoms with E-state index >= 15 is 0 Å². The molecule has 0 radical (unpaired) electrons. The summed E-state index contributed by atoms with van der Waals surface area (Å²) in [5.41, 5.74) is 1.87. The fourth-order valence-corrected chi connectivity index (χ4v) is 3.55. The van der Waals surface area contributed by atoms with E-state index in [1.165, 1.54) is 38.5 Å². The van der Waals surface area contributed by atoms with Crippen molar-refractivity contribution in [3.8, 4) is 0 Å². The standard InChI is InChI=1S/C26H41NO5/c1-2-3-4-5-6-7-8-9-10-11-15-23(21-25(29)30)26(31)32-20-18-27-24-16-13-12-14-22(24)17-19-28/h10-14,16,23,27-28H,2-9,15,17-21H2,1H3,(H,29,30)/p-1/b11-10+. The number of allylic oxidation sites excluding steroid dienone is 2. The van der Waals surface area contributed by atoms with Gasteiger partial charge < -0.3 is 25.1 Å². The maximum absolute atomic E-state index is 12.3. The van der Waals surface area contributed by atoms with E-state index < -0.39 is 17.9 Å². The van der Waals surface area contributed by atoms with Crippen molar-refractivity contribution in [2.24, 2.45) is 5.92 Å². The Hall–Kier alpha value is -2.34. The van der Waals surface area contributed by atoms with E-state index in [-0.39, 0.29) is 19.6 Å². The van der Waals surface area contributed by atoms with Gasteiger partial charge in [0.1, 0.15) is 6.61 Å². The third kappa shape index (κ3) is 13.2. The average molecular weight is 447 g/mol. The van der Waals surface area contributed by atoms with E-state index in [4.69, 9.17) is 9.84 Å². The lowest BCUT2D eigenvalue weighted by Gasteiger charge is -2.16. The Morgan fingerprint density at radius 3 is 2.53 bits per heavy atom. The van der Waals surface area contributed by atoms with Crippen LogP contribution in [0.2, 0.25) is 0 Å². The zero-order valence-corrected chi connectivity index (χ0v) is 19.5. The number of unbranched alkanes of at least 4 members (excludes halogenated alkanes) is 7. The van der Waals surface area contributed by atoms with Gasteiger partial charge >= 0.3 is 5.97 Å². The largest absolute Gasteiger partial charge is 0.550 e. The fourth-order valence-electron chi connectivity index (χ4n) is 3.55. The number of benzene rings is 1. The van der Waals surface area contributed by atoms with Crippen molar-refractivity contribution in [2.75, 3.05) is 25.1 Å². The second-order valence-corrected chi connectivity index (χ2v) is 8.12. The van der Waals surface area contributed by atoms with E-state index in [1.54, 1.807) is 0 Å². The predicted octanol–water partition coefficient (Wildman–Crippen LogP) is 4.02. The summed E-state index contributed by atoms with van der Waals surface area (Å²) in [7, 11) is 0. The van der Waals surface area contributed by atoms with Crippen molar-refractivity contribution in [2.45, 2.75) is 77.6 Å². The molecule has 1 aromatic carbocycles. The van der Waals surface area contributed by atoms with E-state index in [0.29, 0.717) is 19.4 Å². The van der Waals surface area contributed by atoms with E-state index in [2.05, 4.69) is 12.2 Å². The number of carboxylic acid groups (broad SMARTS) is 1. The summed E-state index contributed by atoms with van der Waals surface area (Å²) in [5, 5.41) is 23.4. The Labute approximate surface area is 193 Å². The molecule has 0 heterocycles. The first kappa shape index (κ1) is 27.7. The van der Waals surface area contributed by atoms with Crippen molar-refractivity contribution in [1.29, 1.82) is 0 Å². The highest BCUT2D eigenvalue weighted by Crippen LogP contribution is 2.16. The molecule has 180 valence electrons. The number of para-hydroxylation sites is 1. The molecule has 6 heteroatoms. The normalized spacial score (nSPS) is 12.1. The van der Waals surface area contributed by atoms with Crippen LogP contribution in [0.5, 0.6) is 0 Å². The third-order valence-electron chi connectivity index (χ3n) is 5.37. The van der Waals surface area contributed by atoms with Crippen LogP contribution < -0.4 is 10.4 Å². The summed E-state index contributed by atoms with van der Waals surface area (Å²) in [6.45, 7) is 2.81. The summed E-state index contributed by atoms with van der Waals surface area (Å²) in [6, 6.07) is 7.63. The molecule has 0 aliphatic carbocycles. The zero-order chi connectivity index (χ0) is 23.4. The summed E-state index contributed by atoms with van der Waals surface area (Å²) < 4.78 is 5.29. The number of carbonyl (C=O) groups is 2. The average Bonchev–Trinajstić information content (AvgIpc) is 2.78. The minimum Gasteiger partial charge on any atom is -0.550 e. The van der Waals surface area contributed by atoms with Crippen LogP contribution in [0, 0.1) is 5.92 Å². The van der Waals surface area contributed by atoms with Gasteiger partial charge in [0, 0.05) is 31.2 Å². The smallest absolute Gasteiger partial charge is 0.309 e. The highest BCUT2D eigenvalue weighted by Gasteiger charge is 2.19. The van der Waals surface area contributed by atoms with Gasteiger partial charge in [-0.2, -0.15) is 0 Å². The molecular formula is C26H40NO5-. The molecule has 0 saturated carbocycles. The first-order valence-electron chi connectivity index (χ1n) is 12.0. The molecule has 0 aliphatic rings. The van der Waals surface area contributed by atoms with Crippen molar-refractivity contribution < 1.29 is 24.5 Å². The van der Waals surface area contributed by atoms with Gasteiger partial charge in [-0.05, 0) is 37.3 Å². The van der Waals surface area contributed by atoms with Crippen LogP contribution >= 0.6 is 0 Å². The molecule has 1 atom stereocenters. The van der Waals surface area contributed by atoms with E-state index in [0.717, 1.165) is 24.1 Å². The molecular weight excluding hydrogens is 406 g/mol. The van der Waals surface area contributed by atoms with Crippen molar-refractivity contribution >= 4 is 17.6 Å². The number of ether oxygens (including phenoxy) is 1. The summed E-state index contributed by atoms with van der Waals surface area (Å²) >= 11 is 0. The summed E-state index contributed by atoms with van der Waals surface area (Å²) in [4.78, 5) is 23.4. The molecule has 1 aromatic rings. The molecule has 2 N–H and O–H groups in total. The highest BCUT2D eigenvalue weighted by molar-refractivity contribution is 5.78. The first-order chi connectivity index (χ1) is 15.6. The lowest BCUT2D eigenvalue weighted by atomic mass is 10.0. The monoisotopic (exact) mass is 446 g/mol. The molecule has 0 bridgehead atoms. The molecule has 0 aliphatic heterocycles. The van der Waals surface area contributed by atoms with Crippen LogP contribution in [0.15, 0.2) is 36.4 Å². The van der Waals surface area contributed by atoms with Crippen LogP contribution in [0.25, 0.3) is 0 Å². The number of aliphatic carboxylic acids is 1. The Kier molecular flexibility index (Phi) is 15.8. The van der Waals surface area contributed by atoms with Crippen LogP contribution in [0.3, 0.4) is 0 Å². The van der Waals surface area contributed by atoms with Gasteiger partial charge in [0.2, 0.25) is 0 Å². The SMILES string of the molecule is CCCCCCCCC/C=C/CC(CC(=O)[O-])C(=O)OCCNc1ccccc1CCO. The molecule has 0 amide bonds. The number of nitrogens with one attached hydrogen (secondary N) is 1. The van der Waals surface area contributed by atoms with Gasteiger partial charge in [0.15, 0.2) is 0 Å². The molecule has 0 aromatic heterocycles. The van der Waals surface area contributed by atoms with Crippen molar-refractivity contribution in [3.63, 3.8) is 0 Å². The minimum atomic E-state index is -1.25. The molecule has 0 fully saturated rings. The topological polar surface area (TPSA) is 98.7 Å². The maximum atomic E-state index is 12.3. The Balaban J connectivity index is 2.31. The van der Waals surface area contributed by atoms with Gasteiger partial charge in [-0.25, -0.2) is 0 Å². The number of esters is 1. The van der Waals surface area contributed by atoms with E-state index in [1.807, 2.05) is 36.4 Å². The number of aliphatic hydroxyl groups excluding tert-OH is 1. The number of rotatable bonds is 19. The van der Waals surface area contributed by atoms with Gasteiger partial charge in [-0.3, -0.25) is 4.79 Å². The second kappa shape index (κ2) is 18.3. The summed E-state index contributed by atoms with van der Waals surface area (Å²) in [5.74, 6) is -2.49. The van der Waals surface area contributed by atoms with E-state index in [9.17, 15) is 14.7 Å². The van der Waals surface area contributed by atoms with Crippen molar-refractivity contribution in [1.82, 2.24) is 0 Å². The number of aliphatic hydroxyl groups is 1. The molecule has 0 spiro atoms. The third-order valence-corrected chi connectivity index (χ3v) is 5.37. The second-order valence-electron chi connectivity index (χ2n) is 8.12. The molecule has 6 nitrogen and oxygen atoms in total. The quantitative estimate of drug-likeness (QED) is 0.189. The van der Waals surface area contributed by atoms with Crippen LogP contribution in [0.1, 0.15) is 76.7 Å². The van der Waals surface area contributed by atoms with Gasteiger partial charge in [-0.1, -0.05) is 75.8 Å². The number of hydrogen-bond donors (Lipinski definition) is 2. The Bertz CT molecular complexity index is 674. The predicted molar refractivity (Wildman–Crippen MR) is 126 cm³/mol. The van der Waals surface area contributed by atoms with Gasteiger partial charge in [0.05, 0.1) is 5.92 Å². The first-order valence-corrected chi connectivity index (χ1v) is 12.0. The molecule has 32 heavy (non-hydrogen) atoms. The number of hydrogen-bond acceptors (Lipinski definition) is 6. The highest BCUT2D eigenvalue weighted by atomic mass is 16.5. The maximum Gasteiger partial charge on any atom is 0.309 e. The Morgan fingerprint density at radius 1 is 1.09 bits per heavy atom. The van der Waals surface area contributed by atoms with Crippen LogP contribution in [-0.2, 0) is 20.7 Å². The number of anilines is 1. The van der Waals surface area contributed by atoms with Gasteiger partial charge in [0.25, 0.3) is 0 Å². The molecule has 0 saturated heterocycles. The van der Waals surface area contributed by atoms with Gasteiger partial charge in [-0.15, -0.1) is 0 Å². The van der Waals surface area contributed by atoms with Crippen molar-refractivity contribution in [3.05, 3.63) is 42.0 Å². The molecule has 1 rings (SSSR count). The van der Waals surface area contributed by atoms with Crippen LogP contribution in [0.4, 0.5) is 5.69 Å². The molecule has 1 unspecified atom stereocenters. The number of carbonyl (C=O) groups excluding carboxylic acids is 2. The fraction of sp³-hybridized carbons (Fsp3) is 0.615. The lowest BCUT2D eigenvalue weighted by molar-refractivity contribution is -0.306. The summed E-state index contributed by atoms with van der Waals surface area (Å²) in [6.07, 6.45) is 14.1. The van der Waals surface area contributed by atoms with Crippen LogP contribution in [-0.4, -0.2) is 36.8 Å². The zero-order valence-electron chi connectivity index (χ0n) is 19.5. The minimum absolute atomic E-state index is 0.0606. The number of carboxylic acids is 1. The Morgan fingerprint density at radius 2 is 1.81 bits per heavy atom.